The van der Waals surface area contributed by atoms with Crippen LogP contribution in [0.25, 0.3) is 11.5 Å². The maximum Gasteiger partial charge on any atom is 0.416 e. The van der Waals surface area contributed by atoms with Crippen LogP contribution < -0.4 is 4.90 Å². The Bertz CT molecular complexity index is 1120. The molecule has 0 bridgehead atoms. The molecule has 6 nitrogen and oxygen atoms in total. The number of nitrogens with zero attached hydrogens (tertiary/aromatic N) is 4. The molecule has 1 fully saturated rings. The fourth-order valence-corrected chi connectivity index (χ4v) is 3.22. The van der Waals surface area contributed by atoms with Crippen molar-refractivity contribution in [3.05, 3.63) is 65.5 Å². The summed E-state index contributed by atoms with van der Waals surface area (Å²) in [5.74, 6) is -0.215. The number of amides is 1. The summed E-state index contributed by atoms with van der Waals surface area (Å²) < 4.78 is 44.1. The van der Waals surface area contributed by atoms with Gasteiger partial charge in [0.2, 0.25) is 5.91 Å². The van der Waals surface area contributed by atoms with Crippen LogP contribution in [0.1, 0.15) is 29.3 Å². The molecule has 0 radical (unpaired) electrons. The number of nitriles is 1. The number of aromatic nitrogens is 2. The predicted octanol–water partition coefficient (Wildman–Crippen LogP) is 4.15. The summed E-state index contributed by atoms with van der Waals surface area (Å²) in [6.07, 6.45) is -4.42. The van der Waals surface area contributed by atoms with E-state index >= 15 is 0 Å². The van der Waals surface area contributed by atoms with Crippen molar-refractivity contribution in [2.24, 2.45) is 0 Å². The van der Waals surface area contributed by atoms with E-state index in [0.29, 0.717) is 17.0 Å². The molecule has 4 rings (SSSR count). The number of anilines is 1. The van der Waals surface area contributed by atoms with E-state index in [1.54, 1.807) is 24.3 Å². The average molecular weight is 398 g/mol. The maximum absolute atomic E-state index is 13.0. The van der Waals surface area contributed by atoms with Gasteiger partial charge < -0.3 is 9.42 Å². The summed E-state index contributed by atoms with van der Waals surface area (Å²) in [5.41, 5.74) is 0.374. The van der Waals surface area contributed by atoms with Gasteiger partial charge in [0.15, 0.2) is 5.82 Å². The first-order valence-corrected chi connectivity index (χ1v) is 8.67. The second-order valence-electron chi connectivity index (χ2n) is 6.60. The van der Waals surface area contributed by atoms with Crippen molar-refractivity contribution in [2.45, 2.75) is 18.5 Å². The van der Waals surface area contributed by atoms with Crippen LogP contribution in [0.4, 0.5) is 18.9 Å². The van der Waals surface area contributed by atoms with Gasteiger partial charge >= 0.3 is 6.18 Å². The SMILES string of the molecule is N#Cc1cccc(-c2nc(C3CC(=O)N(c4cccc(C(F)(F)F)c4)C3)no2)c1. The largest absolute Gasteiger partial charge is 0.416 e. The first-order valence-electron chi connectivity index (χ1n) is 8.67. The molecule has 0 spiro atoms. The second kappa shape index (κ2) is 7.05. The van der Waals surface area contributed by atoms with Gasteiger partial charge in [-0.15, -0.1) is 0 Å². The molecule has 1 aromatic heterocycles. The minimum absolute atomic E-state index is 0.0630. The van der Waals surface area contributed by atoms with E-state index in [4.69, 9.17) is 9.78 Å². The molecule has 146 valence electrons. The molecule has 1 aliphatic heterocycles. The third kappa shape index (κ3) is 3.69. The Kier molecular flexibility index (Phi) is 4.54. The Morgan fingerprint density at radius 3 is 2.72 bits per heavy atom. The van der Waals surface area contributed by atoms with Gasteiger partial charge in [-0.2, -0.15) is 23.4 Å². The Hall–Kier alpha value is -3.67. The van der Waals surface area contributed by atoms with Crippen molar-refractivity contribution in [3.8, 4) is 17.5 Å². The van der Waals surface area contributed by atoms with Crippen LogP contribution in [0.2, 0.25) is 0 Å². The third-order valence-corrected chi connectivity index (χ3v) is 4.66. The quantitative estimate of drug-likeness (QED) is 0.662. The summed E-state index contributed by atoms with van der Waals surface area (Å²) in [6.45, 7) is 0.150. The molecule has 3 aromatic rings. The number of halogens is 3. The molecule has 1 amide bonds. The van der Waals surface area contributed by atoms with E-state index in [1.165, 1.54) is 17.0 Å². The monoisotopic (exact) mass is 398 g/mol. The molecule has 1 unspecified atom stereocenters. The molecule has 9 heteroatoms. The van der Waals surface area contributed by atoms with Crippen molar-refractivity contribution in [1.82, 2.24) is 10.1 Å². The molecule has 0 N–H and O–H groups in total. The van der Waals surface area contributed by atoms with Gasteiger partial charge in [0.1, 0.15) is 0 Å². The van der Waals surface area contributed by atoms with E-state index in [-0.39, 0.29) is 30.5 Å². The van der Waals surface area contributed by atoms with Gasteiger partial charge in [0.05, 0.1) is 17.2 Å². The van der Waals surface area contributed by atoms with Crippen molar-refractivity contribution in [3.63, 3.8) is 0 Å². The minimum atomic E-state index is -4.49. The molecule has 2 heterocycles. The van der Waals surface area contributed by atoms with E-state index in [0.717, 1.165) is 12.1 Å². The highest BCUT2D eigenvalue weighted by Gasteiger charge is 2.36. The summed E-state index contributed by atoms with van der Waals surface area (Å²) in [5, 5.41) is 12.9. The first kappa shape index (κ1) is 18.7. The van der Waals surface area contributed by atoms with Crippen LogP contribution in [0.3, 0.4) is 0 Å². The molecule has 1 aliphatic rings. The fourth-order valence-electron chi connectivity index (χ4n) is 3.22. The number of rotatable bonds is 3. The lowest BCUT2D eigenvalue weighted by molar-refractivity contribution is -0.137. The molecule has 0 aliphatic carbocycles. The third-order valence-electron chi connectivity index (χ3n) is 4.66. The molecule has 1 atom stereocenters. The van der Waals surface area contributed by atoms with Crippen LogP contribution in [0, 0.1) is 11.3 Å². The lowest BCUT2D eigenvalue weighted by atomic mass is 10.1. The van der Waals surface area contributed by atoms with E-state index in [9.17, 15) is 18.0 Å². The standard InChI is InChI=1S/C20H13F3N4O2/c21-20(22,23)15-5-2-6-16(9-15)27-11-14(8-17(27)28)18-25-19(29-26-18)13-4-1-3-12(7-13)10-24/h1-7,9,14H,8,11H2. The number of hydrogen-bond donors (Lipinski definition) is 0. The number of hydrogen-bond acceptors (Lipinski definition) is 5. The second-order valence-corrected chi connectivity index (χ2v) is 6.60. The smallest absolute Gasteiger partial charge is 0.334 e. The lowest BCUT2D eigenvalue weighted by Gasteiger charge is -2.18. The van der Waals surface area contributed by atoms with Gasteiger partial charge in [-0.3, -0.25) is 4.79 Å². The Balaban J connectivity index is 1.56. The number of carbonyl (C=O) groups is 1. The van der Waals surface area contributed by atoms with Gasteiger partial charge in [-0.25, -0.2) is 0 Å². The van der Waals surface area contributed by atoms with E-state index in [1.807, 2.05) is 6.07 Å². The van der Waals surface area contributed by atoms with Gasteiger partial charge in [0.25, 0.3) is 5.89 Å². The molecular weight excluding hydrogens is 385 g/mol. The summed E-state index contributed by atoms with van der Waals surface area (Å²) in [7, 11) is 0. The average Bonchev–Trinajstić information content (AvgIpc) is 3.34. The van der Waals surface area contributed by atoms with E-state index < -0.39 is 17.7 Å². The number of alkyl halides is 3. The zero-order valence-electron chi connectivity index (χ0n) is 14.8. The van der Waals surface area contributed by atoms with E-state index in [2.05, 4.69) is 10.1 Å². The van der Waals surface area contributed by atoms with Crippen LogP contribution in [0.5, 0.6) is 0 Å². The van der Waals surface area contributed by atoms with Crippen LogP contribution in [0.15, 0.2) is 53.1 Å². The molecule has 29 heavy (non-hydrogen) atoms. The Morgan fingerprint density at radius 1 is 1.17 bits per heavy atom. The van der Waals surface area contributed by atoms with Crippen LogP contribution >= 0.6 is 0 Å². The topological polar surface area (TPSA) is 83.0 Å². The van der Waals surface area contributed by atoms with Crippen molar-refractivity contribution in [1.29, 1.82) is 5.26 Å². The normalized spacial score (nSPS) is 16.8. The summed E-state index contributed by atoms with van der Waals surface area (Å²) >= 11 is 0. The molecule has 2 aromatic carbocycles. The lowest BCUT2D eigenvalue weighted by Crippen LogP contribution is -2.24. The zero-order chi connectivity index (χ0) is 20.6. The predicted molar refractivity (Wildman–Crippen MR) is 95.6 cm³/mol. The highest BCUT2D eigenvalue weighted by molar-refractivity contribution is 5.96. The first-order chi connectivity index (χ1) is 13.8. The molecular formula is C20H13F3N4O2. The minimum Gasteiger partial charge on any atom is -0.334 e. The van der Waals surface area contributed by atoms with Crippen molar-refractivity contribution >= 4 is 11.6 Å². The van der Waals surface area contributed by atoms with Crippen molar-refractivity contribution in [2.75, 3.05) is 11.4 Å². The fraction of sp³-hybridized carbons (Fsp3) is 0.200. The number of carbonyl (C=O) groups excluding carboxylic acids is 1. The summed E-state index contributed by atoms with van der Waals surface area (Å²) in [6, 6.07) is 13.3. The van der Waals surface area contributed by atoms with Gasteiger partial charge in [-0.05, 0) is 36.4 Å². The van der Waals surface area contributed by atoms with Crippen LogP contribution in [-0.4, -0.2) is 22.6 Å². The molecule has 0 saturated carbocycles. The van der Waals surface area contributed by atoms with Crippen LogP contribution in [-0.2, 0) is 11.0 Å². The zero-order valence-corrected chi connectivity index (χ0v) is 14.8. The maximum atomic E-state index is 13.0. The summed E-state index contributed by atoms with van der Waals surface area (Å²) in [4.78, 5) is 18.0. The Morgan fingerprint density at radius 2 is 1.97 bits per heavy atom. The molecule has 1 saturated heterocycles. The van der Waals surface area contributed by atoms with Gasteiger partial charge in [-0.1, -0.05) is 17.3 Å². The highest BCUT2D eigenvalue weighted by Crippen LogP contribution is 2.35. The number of benzene rings is 2. The highest BCUT2D eigenvalue weighted by atomic mass is 19.4. The van der Waals surface area contributed by atoms with Gasteiger partial charge in [0, 0.05) is 30.1 Å². The van der Waals surface area contributed by atoms with Crippen molar-refractivity contribution < 1.29 is 22.5 Å². The Labute approximate surface area is 163 Å².